The molecule has 4 aliphatic heterocycles. The maximum absolute atomic E-state index is 5.98. The SMILES string of the molecule is C1CC2COC(CN=C3NC4(CCOCC4)CS3)CN2C1. The normalized spacial score (nSPS) is 37.8. The number of morpholine rings is 1. The number of rotatable bonds is 2. The van der Waals surface area contributed by atoms with E-state index in [1.807, 2.05) is 11.8 Å². The fourth-order valence-corrected chi connectivity index (χ4v) is 5.03. The van der Waals surface area contributed by atoms with E-state index in [0.29, 0.717) is 6.04 Å². The van der Waals surface area contributed by atoms with Gasteiger partial charge in [-0.3, -0.25) is 9.89 Å². The molecule has 0 aromatic heterocycles. The van der Waals surface area contributed by atoms with Crippen molar-refractivity contribution >= 4 is 16.9 Å². The molecular weight excluding hydrogens is 286 g/mol. The molecule has 0 saturated carbocycles. The summed E-state index contributed by atoms with van der Waals surface area (Å²) in [6.07, 6.45) is 5.13. The maximum Gasteiger partial charge on any atom is 0.157 e. The van der Waals surface area contributed by atoms with Gasteiger partial charge in [-0.15, -0.1) is 0 Å². The molecular formula is C15H25N3O2S. The summed E-state index contributed by atoms with van der Waals surface area (Å²) in [7, 11) is 0. The van der Waals surface area contributed by atoms with Gasteiger partial charge in [-0.05, 0) is 32.2 Å². The van der Waals surface area contributed by atoms with Crippen molar-refractivity contribution in [3.63, 3.8) is 0 Å². The van der Waals surface area contributed by atoms with Crippen molar-refractivity contribution in [3.05, 3.63) is 0 Å². The minimum absolute atomic E-state index is 0.245. The second-order valence-corrected chi connectivity index (χ2v) is 7.66. The minimum Gasteiger partial charge on any atom is -0.381 e. The first-order valence-corrected chi connectivity index (χ1v) is 9.20. The van der Waals surface area contributed by atoms with Gasteiger partial charge in [0, 0.05) is 31.6 Å². The highest BCUT2D eigenvalue weighted by molar-refractivity contribution is 8.14. The van der Waals surface area contributed by atoms with Gasteiger partial charge in [-0.2, -0.15) is 0 Å². The summed E-state index contributed by atoms with van der Waals surface area (Å²) in [5.74, 6) is 1.13. The van der Waals surface area contributed by atoms with Crippen LogP contribution in [0, 0.1) is 0 Å². The summed E-state index contributed by atoms with van der Waals surface area (Å²) in [6, 6.07) is 0.679. The van der Waals surface area contributed by atoms with Crippen molar-refractivity contribution in [1.82, 2.24) is 10.2 Å². The highest BCUT2D eigenvalue weighted by atomic mass is 32.2. The predicted octanol–water partition coefficient (Wildman–Crippen LogP) is 1.09. The molecule has 2 unspecified atom stereocenters. The van der Waals surface area contributed by atoms with Gasteiger partial charge >= 0.3 is 0 Å². The molecule has 4 rings (SSSR count). The Bertz CT molecular complexity index is 412. The van der Waals surface area contributed by atoms with Crippen LogP contribution < -0.4 is 5.32 Å². The van der Waals surface area contributed by atoms with Crippen LogP contribution >= 0.6 is 11.8 Å². The van der Waals surface area contributed by atoms with Gasteiger partial charge < -0.3 is 14.8 Å². The molecule has 0 bridgehead atoms. The Labute approximate surface area is 130 Å². The number of nitrogens with zero attached hydrogens (tertiary/aromatic N) is 2. The Hall–Kier alpha value is -0.300. The fourth-order valence-electron chi connectivity index (χ4n) is 3.80. The zero-order chi connectivity index (χ0) is 14.1. The molecule has 2 atom stereocenters. The molecule has 6 heteroatoms. The van der Waals surface area contributed by atoms with E-state index < -0.39 is 0 Å². The van der Waals surface area contributed by atoms with Crippen LogP contribution in [0.1, 0.15) is 25.7 Å². The van der Waals surface area contributed by atoms with E-state index in [-0.39, 0.29) is 11.6 Å². The van der Waals surface area contributed by atoms with E-state index in [1.54, 1.807) is 0 Å². The van der Waals surface area contributed by atoms with Crippen LogP contribution in [0.15, 0.2) is 4.99 Å². The molecule has 118 valence electrons. The number of hydrogen-bond acceptors (Lipinski definition) is 5. The lowest BCUT2D eigenvalue weighted by atomic mass is 9.93. The largest absolute Gasteiger partial charge is 0.381 e. The molecule has 4 fully saturated rings. The lowest BCUT2D eigenvalue weighted by Crippen LogP contribution is -2.48. The third-order valence-electron chi connectivity index (χ3n) is 5.21. The van der Waals surface area contributed by atoms with Gasteiger partial charge in [-0.25, -0.2) is 0 Å². The quantitative estimate of drug-likeness (QED) is 0.827. The molecule has 0 aromatic carbocycles. The fraction of sp³-hybridized carbons (Fsp3) is 0.933. The maximum atomic E-state index is 5.98. The van der Waals surface area contributed by atoms with Crippen LogP contribution in [0.25, 0.3) is 0 Å². The number of amidine groups is 1. The van der Waals surface area contributed by atoms with Gasteiger partial charge in [0.15, 0.2) is 5.17 Å². The third kappa shape index (κ3) is 3.09. The Balaban J connectivity index is 1.30. The molecule has 4 saturated heterocycles. The monoisotopic (exact) mass is 311 g/mol. The van der Waals surface area contributed by atoms with Gasteiger partial charge in [-0.1, -0.05) is 11.8 Å². The van der Waals surface area contributed by atoms with E-state index in [1.165, 1.54) is 19.4 Å². The van der Waals surface area contributed by atoms with Crippen LogP contribution in [-0.2, 0) is 9.47 Å². The van der Waals surface area contributed by atoms with Crippen molar-refractivity contribution in [3.8, 4) is 0 Å². The zero-order valence-corrected chi connectivity index (χ0v) is 13.4. The van der Waals surface area contributed by atoms with Crippen molar-refractivity contribution in [2.75, 3.05) is 45.2 Å². The summed E-state index contributed by atoms with van der Waals surface area (Å²) >= 11 is 1.87. The summed E-state index contributed by atoms with van der Waals surface area (Å²) < 4.78 is 11.5. The Morgan fingerprint density at radius 1 is 1.38 bits per heavy atom. The Morgan fingerprint density at radius 3 is 3.19 bits per heavy atom. The van der Waals surface area contributed by atoms with Crippen molar-refractivity contribution in [2.24, 2.45) is 4.99 Å². The average molecular weight is 311 g/mol. The van der Waals surface area contributed by atoms with Crippen LogP contribution in [-0.4, -0.2) is 73.0 Å². The summed E-state index contributed by atoms with van der Waals surface area (Å²) in [5, 5.41) is 4.77. The summed E-state index contributed by atoms with van der Waals surface area (Å²) in [4.78, 5) is 7.37. The van der Waals surface area contributed by atoms with Gasteiger partial charge in [0.25, 0.3) is 0 Å². The lowest BCUT2D eigenvalue weighted by Gasteiger charge is -2.34. The highest BCUT2D eigenvalue weighted by Gasteiger charge is 2.39. The summed E-state index contributed by atoms with van der Waals surface area (Å²) in [6.45, 7) is 5.76. The van der Waals surface area contributed by atoms with E-state index >= 15 is 0 Å². The van der Waals surface area contributed by atoms with E-state index in [0.717, 1.165) is 56.7 Å². The standard InChI is InChI=1S/C15H25N3O2S/c1-2-12-10-20-13(9-18(12)5-1)8-16-14-17-15(11-21-14)3-6-19-7-4-15/h12-13H,1-11H2,(H,16,17). The molecule has 0 radical (unpaired) electrons. The molecule has 0 aliphatic carbocycles. The molecule has 21 heavy (non-hydrogen) atoms. The molecule has 4 aliphatic rings. The molecule has 0 amide bonds. The minimum atomic E-state index is 0.245. The molecule has 0 aromatic rings. The first kappa shape index (κ1) is 14.3. The Morgan fingerprint density at radius 2 is 2.29 bits per heavy atom. The van der Waals surface area contributed by atoms with E-state index in [9.17, 15) is 0 Å². The first-order chi connectivity index (χ1) is 10.3. The number of thioether (sulfide) groups is 1. The van der Waals surface area contributed by atoms with Crippen LogP contribution in [0.2, 0.25) is 0 Å². The van der Waals surface area contributed by atoms with Crippen molar-refractivity contribution in [1.29, 1.82) is 0 Å². The predicted molar refractivity (Wildman–Crippen MR) is 85.0 cm³/mol. The van der Waals surface area contributed by atoms with Crippen molar-refractivity contribution in [2.45, 2.75) is 43.4 Å². The molecule has 5 nitrogen and oxygen atoms in total. The van der Waals surface area contributed by atoms with Gasteiger partial charge in [0.05, 0.1) is 24.8 Å². The number of fused-ring (bicyclic) bond motifs is 1. The number of nitrogens with one attached hydrogen (secondary N) is 1. The second-order valence-electron chi connectivity index (χ2n) is 6.70. The topological polar surface area (TPSA) is 46.1 Å². The van der Waals surface area contributed by atoms with Crippen LogP contribution in [0.3, 0.4) is 0 Å². The third-order valence-corrected chi connectivity index (χ3v) is 6.41. The smallest absolute Gasteiger partial charge is 0.157 e. The highest BCUT2D eigenvalue weighted by Crippen LogP contribution is 2.32. The van der Waals surface area contributed by atoms with Gasteiger partial charge in [0.2, 0.25) is 0 Å². The zero-order valence-electron chi connectivity index (χ0n) is 12.6. The van der Waals surface area contributed by atoms with Crippen molar-refractivity contribution < 1.29 is 9.47 Å². The van der Waals surface area contributed by atoms with E-state index in [2.05, 4.69) is 10.2 Å². The Kier molecular flexibility index (Phi) is 4.13. The lowest BCUT2D eigenvalue weighted by molar-refractivity contribution is -0.0431. The van der Waals surface area contributed by atoms with E-state index in [4.69, 9.17) is 14.5 Å². The molecule has 1 N–H and O–H groups in total. The van der Waals surface area contributed by atoms with Gasteiger partial charge in [0.1, 0.15) is 0 Å². The molecule has 1 spiro atoms. The number of ether oxygens (including phenoxy) is 2. The molecule has 4 heterocycles. The number of hydrogen-bond donors (Lipinski definition) is 1. The van der Waals surface area contributed by atoms with Crippen LogP contribution in [0.5, 0.6) is 0 Å². The first-order valence-electron chi connectivity index (χ1n) is 8.22. The van der Waals surface area contributed by atoms with Crippen LogP contribution in [0.4, 0.5) is 0 Å². The summed E-state index contributed by atoms with van der Waals surface area (Å²) in [5.41, 5.74) is 0.245. The second kappa shape index (κ2) is 6.07. The average Bonchev–Trinajstić information content (AvgIpc) is 3.13. The number of aliphatic imine (C=N–C) groups is 1.